The van der Waals surface area contributed by atoms with Gasteiger partial charge < -0.3 is 5.32 Å². The first-order chi connectivity index (χ1) is 8.21. The zero-order valence-electron chi connectivity index (χ0n) is 11.8. The van der Waals surface area contributed by atoms with Gasteiger partial charge in [-0.2, -0.15) is 0 Å². The summed E-state index contributed by atoms with van der Waals surface area (Å²) < 4.78 is 0. The molecule has 1 N–H and O–H groups in total. The van der Waals surface area contributed by atoms with Crippen molar-refractivity contribution in [3.8, 4) is 0 Å². The Labute approximate surface area is 107 Å². The van der Waals surface area contributed by atoms with Gasteiger partial charge in [0.2, 0.25) is 0 Å². The van der Waals surface area contributed by atoms with Gasteiger partial charge in [-0.3, -0.25) is 0 Å². The number of aryl methyl sites for hydroxylation is 1. The molecule has 1 unspecified atom stereocenters. The summed E-state index contributed by atoms with van der Waals surface area (Å²) in [4.78, 5) is 0. The van der Waals surface area contributed by atoms with E-state index >= 15 is 0 Å². The molecule has 1 aromatic rings. The van der Waals surface area contributed by atoms with Crippen molar-refractivity contribution < 1.29 is 0 Å². The lowest BCUT2D eigenvalue weighted by Crippen LogP contribution is -2.33. The highest BCUT2D eigenvalue weighted by Gasteiger charge is 2.13. The smallest absolute Gasteiger partial charge is 0.0130 e. The molecule has 0 aromatic heterocycles. The fraction of sp³-hybridized carbons (Fsp3) is 0.625. The van der Waals surface area contributed by atoms with Crippen LogP contribution in [0.2, 0.25) is 0 Å². The molecule has 2 atom stereocenters. The monoisotopic (exact) mass is 233 g/mol. The van der Waals surface area contributed by atoms with Crippen molar-refractivity contribution in [2.45, 2.75) is 52.5 Å². The first-order valence-corrected chi connectivity index (χ1v) is 6.96. The standard InChI is InChI=1S/C16H27N/c1-5-7-14-8-10-15(11-9-14)12-16(17-4)13(3)6-2/h8-11,13,16-17H,5-7,12H2,1-4H3/t13?,16-/m0/s1. The molecule has 0 heterocycles. The van der Waals surface area contributed by atoms with Gasteiger partial charge in [0.25, 0.3) is 0 Å². The van der Waals surface area contributed by atoms with Crippen LogP contribution in [0, 0.1) is 5.92 Å². The molecule has 0 saturated heterocycles. The van der Waals surface area contributed by atoms with Crippen LogP contribution in [-0.4, -0.2) is 13.1 Å². The van der Waals surface area contributed by atoms with E-state index in [1.54, 1.807) is 0 Å². The van der Waals surface area contributed by atoms with Gasteiger partial charge in [-0.05, 0) is 36.9 Å². The molecule has 0 saturated carbocycles. The predicted molar refractivity (Wildman–Crippen MR) is 76.4 cm³/mol. The molecule has 0 radical (unpaired) electrons. The third kappa shape index (κ3) is 4.51. The Morgan fingerprint density at radius 3 is 2.12 bits per heavy atom. The summed E-state index contributed by atoms with van der Waals surface area (Å²) in [5, 5.41) is 3.44. The maximum absolute atomic E-state index is 3.44. The average molecular weight is 233 g/mol. The molecule has 1 rings (SSSR count). The molecule has 17 heavy (non-hydrogen) atoms. The molecule has 96 valence electrons. The van der Waals surface area contributed by atoms with E-state index in [0.29, 0.717) is 6.04 Å². The Balaban J connectivity index is 2.60. The summed E-state index contributed by atoms with van der Waals surface area (Å²) in [5.41, 5.74) is 2.91. The topological polar surface area (TPSA) is 12.0 Å². The van der Waals surface area contributed by atoms with Gasteiger partial charge in [0, 0.05) is 6.04 Å². The first-order valence-electron chi connectivity index (χ1n) is 6.96. The maximum Gasteiger partial charge on any atom is 0.0130 e. The number of nitrogens with one attached hydrogen (secondary N) is 1. The number of benzene rings is 1. The Morgan fingerprint density at radius 2 is 1.65 bits per heavy atom. The third-order valence-electron chi connectivity index (χ3n) is 3.72. The van der Waals surface area contributed by atoms with E-state index in [1.807, 2.05) is 0 Å². The molecule has 1 aromatic carbocycles. The normalized spacial score (nSPS) is 14.6. The van der Waals surface area contributed by atoms with Crippen LogP contribution in [0.25, 0.3) is 0 Å². The SMILES string of the molecule is CCCc1ccc(C[C@H](NC)C(C)CC)cc1. The van der Waals surface area contributed by atoms with E-state index in [2.05, 4.69) is 57.4 Å². The summed E-state index contributed by atoms with van der Waals surface area (Å²) in [6.07, 6.45) is 4.80. The van der Waals surface area contributed by atoms with Crippen LogP contribution in [0.15, 0.2) is 24.3 Å². The Bertz CT molecular complexity index is 302. The Kier molecular flexibility index (Phi) is 6.28. The Morgan fingerprint density at radius 1 is 1.06 bits per heavy atom. The molecular formula is C16H27N. The summed E-state index contributed by atoms with van der Waals surface area (Å²) in [6, 6.07) is 9.73. The zero-order chi connectivity index (χ0) is 12.7. The molecule has 0 fully saturated rings. The Hall–Kier alpha value is -0.820. The van der Waals surface area contributed by atoms with Crippen molar-refractivity contribution in [3.05, 3.63) is 35.4 Å². The van der Waals surface area contributed by atoms with Crippen LogP contribution < -0.4 is 5.32 Å². The predicted octanol–water partition coefficient (Wildman–Crippen LogP) is 3.82. The van der Waals surface area contributed by atoms with Crippen molar-refractivity contribution in [1.29, 1.82) is 0 Å². The minimum Gasteiger partial charge on any atom is -0.316 e. The fourth-order valence-electron chi connectivity index (χ4n) is 2.26. The lowest BCUT2D eigenvalue weighted by molar-refractivity contribution is 0.386. The van der Waals surface area contributed by atoms with E-state index in [4.69, 9.17) is 0 Å². The fourth-order valence-corrected chi connectivity index (χ4v) is 2.26. The van der Waals surface area contributed by atoms with E-state index in [0.717, 1.165) is 12.3 Å². The van der Waals surface area contributed by atoms with Crippen LogP contribution in [0.1, 0.15) is 44.7 Å². The molecular weight excluding hydrogens is 206 g/mol. The number of hydrogen-bond donors (Lipinski definition) is 1. The second-order valence-electron chi connectivity index (χ2n) is 5.05. The van der Waals surface area contributed by atoms with E-state index < -0.39 is 0 Å². The van der Waals surface area contributed by atoms with E-state index in [9.17, 15) is 0 Å². The van der Waals surface area contributed by atoms with Gasteiger partial charge in [-0.25, -0.2) is 0 Å². The number of rotatable bonds is 7. The molecule has 0 bridgehead atoms. The van der Waals surface area contributed by atoms with Gasteiger partial charge >= 0.3 is 0 Å². The van der Waals surface area contributed by atoms with Crippen molar-refractivity contribution in [3.63, 3.8) is 0 Å². The van der Waals surface area contributed by atoms with Crippen molar-refractivity contribution in [2.24, 2.45) is 5.92 Å². The van der Waals surface area contributed by atoms with Crippen LogP contribution in [-0.2, 0) is 12.8 Å². The minimum absolute atomic E-state index is 0.594. The molecule has 0 spiro atoms. The lowest BCUT2D eigenvalue weighted by Gasteiger charge is -2.22. The number of likely N-dealkylation sites (N-methyl/N-ethyl adjacent to an activating group) is 1. The summed E-state index contributed by atoms with van der Waals surface area (Å²) >= 11 is 0. The lowest BCUT2D eigenvalue weighted by atomic mass is 9.92. The highest BCUT2D eigenvalue weighted by Crippen LogP contribution is 2.14. The van der Waals surface area contributed by atoms with Gasteiger partial charge in [0.1, 0.15) is 0 Å². The number of hydrogen-bond acceptors (Lipinski definition) is 1. The molecule has 1 heteroatoms. The minimum atomic E-state index is 0.594. The molecule has 0 aliphatic carbocycles. The molecule has 0 amide bonds. The molecule has 0 aliphatic rings. The third-order valence-corrected chi connectivity index (χ3v) is 3.72. The summed E-state index contributed by atoms with van der Waals surface area (Å²) in [7, 11) is 2.07. The van der Waals surface area contributed by atoms with Crippen molar-refractivity contribution in [1.82, 2.24) is 5.32 Å². The second kappa shape index (κ2) is 7.50. The first kappa shape index (κ1) is 14.2. The maximum atomic E-state index is 3.44. The van der Waals surface area contributed by atoms with Crippen LogP contribution in [0.4, 0.5) is 0 Å². The van der Waals surface area contributed by atoms with Crippen molar-refractivity contribution >= 4 is 0 Å². The summed E-state index contributed by atoms with van der Waals surface area (Å²) in [6.45, 7) is 6.82. The van der Waals surface area contributed by atoms with Crippen molar-refractivity contribution in [2.75, 3.05) is 7.05 Å². The molecule has 0 aliphatic heterocycles. The molecule has 1 nitrogen and oxygen atoms in total. The highest BCUT2D eigenvalue weighted by atomic mass is 14.9. The average Bonchev–Trinajstić information content (AvgIpc) is 2.37. The van der Waals surface area contributed by atoms with Gasteiger partial charge in [-0.1, -0.05) is 57.9 Å². The second-order valence-corrected chi connectivity index (χ2v) is 5.05. The van der Waals surface area contributed by atoms with Crippen LogP contribution in [0.3, 0.4) is 0 Å². The van der Waals surface area contributed by atoms with Crippen LogP contribution >= 0.6 is 0 Å². The van der Waals surface area contributed by atoms with Crippen LogP contribution in [0.5, 0.6) is 0 Å². The summed E-state index contributed by atoms with van der Waals surface area (Å²) in [5.74, 6) is 0.732. The van der Waals surface area contributed by atoms with Gasteiger partial charge in [0.15, 0.2) is 0 Å². The van der Waals surface area contributed by atoms with Gasteiger partial charge in [-0.15, -0.1) is 0 Å². The largest absolute Gasteiger partial charge is 0.316 e. The quantitative estimate of drug-likeness (QED) is 0.755. The highest BCUT2D eigenvalue weighted by molar-refractivity contribution is 5.23. The zero-order valence-corrected chi connectivity index (χ0v) is 11.8. The van der Waals surface area contributed by atoms with E-state index in [-0.39, 0.29) is 0 Å². The van der Waals surface area contributed by atoms with Gasteiger partial charge in [0.05, 0.1) is 0 Å². The van der Waals surface area contributed by atoms with E-state index in [1.165, 1.54) is 30.4 Å².